The number of benzene rings is 3. The van der Waals surface area contributed by atoms with Gasteiger partial charge in [-0.1, -0.05) is 48.5 Å². The van der Waals surface area contributed by atoms with Crippen LogP contribution in [0.3, 0.4) is 0 Å². The summed E-state index contributed by atoms with van der Waals surface area (Å²) in [5.41, 5.74) is 4.98. The molecule has 3 aromatic carbocycles. The molecule has 0 bridgehead atoms. The van der Waals surface area contributed by atoms with Crippen molar-refractivity contribution in [3.05, 3.63) is 108 Å². The number of hydrogen-bond acceptors (Lipinski definition) is 3. The highest BCUT2D eigenvalue weighted by Crippen LogP contribution is 2.38. The average Bonchev–Trinajstić information content (AvgIpc) is 3.37. The molecule has 4 aromatic rings. The Morgan fingerprint density at radius 2 is 1.52 bits per heavy atom. The molecule has 1 atom stereocenters. The summed E-state index contributed by atoms with van der Waals surface area (Å²) in [6.07, 6.45) is 2.07. The van der Waals surface area contributed by atoms with Crippen LogP contribution in [0.4, 0.5) is 0 Å². The first kappa shape index (κ1) is 20.9. The zero-order chi connectivity index (χ0) is 22.8. The van der Waals surface area contributed by atoms with Crippen molar-refractivity contribution in [1.82, 2.24) is 9.47 Å². The molecule has 2 heterocycles. The quantitative estimate of drug-likeness (QED) is 0.418. The van der Waals surface area contributed by atoms with E-state index in [2.05, 4.69) is 29.0 Å². The molecule has 33 heavy (non-hydrogen) atoms. The number of fused-ring (bicyclic) bond motifs is 1. The topological polar surface area (TPSA) is 43.7 Å². The molecular weight excluding hydrogens is 412 g/mol. The van der Waals surface area contributed by atoms with Crippen molar-refractivity contribution < 1.29 is 14.3 Å². The molecule has 0 spiro atoms. The monoisotopic (exact) mass is 438 g/mol. The maximum absolute atomic E-state index is 13.7. The van der Waals surface area contributed by atoms with Crippen LogP contribution in [-0.4, -0.2) is 36.1 Å². The van der Waals surface area contributed by atoms with E-state index in [9.17, 15) is 4.79 Å². The Balaban J connectivity index is 1.50. The minimum Gasteiger partial charge on any atom is -0.493 e. The summed E-state index contributed by atoms with van der Waals surface area (Å²) in [6.45, 7) is 1.39. The maximum atomic E-state index is 13.7. The number of amides is 1. The van der Waals surface area contributed by atoms with E-state index < -0.39 is 0 Å². The van der Waals surface area contributed by atoms with E-state index in [-0.39, 0.29) is 11.9 Å². The van der Waals surface area contributed by atoms with Crippen LogP contribution in [0, 0.1) is 0 Å². The molecule has 0 saturated carbocycles. The number of nitrogens with zero attached hydrogens (tertiary/aromatic N) is 2. The molecule has 1 aliphatic rings. The van der Waals surface area contributed by atoms with Gasteiger partial charge in [0, 0.05) is 30.5 Å². The Morgan fingerprint density at radius 3 is 2.24 bits per heavy atom. The van der Waals surface area contributed by atoms with E-state index in [1.807, 2.05) is 71.6 Å². The number of aromatic nitrogens is 1. The first-order chi connectivity index (χ1) is 16.2. The Hall–Kier alpha value is -3.99. The fraction of sp³-hybridized carbons (Fsp3) is 0.179. The van der Waals surface area contributed by atoms with E-state index in [4.69, 9.17) is 9.47 Å². The van der Waals surface area contributed by atoms with Crippen LogP contribution >= 0.6 is 0 Å². The molecular formula is C28H26N2O3. The van der Waals surface area contributed by atoms with Gasteiger partial charge in [-0.2, -0.15) is 0 Å². The third kappa shape index (κ3) is 3.87. The highest BCUT2D eigenvalue weighted by Gasteiger charge is 2.33. The van der Waals surface area contributed by atoms with Crippen molar-refractivity contribution in [3.63, 3.8) is 0 Å². The number of ether oxygens (including phenoxy) is 2. The van der Waals surface area contributed by atoms with Crippen LogP contribution in [0.5, 0.6) is 11.5 Å². The van der Waals surface area contributed by atoms with Gasteiger partial charge >= 0.3 is 0 Å². The summed E-state index contributed by atoms with van der Waals surface area (Å²) in [4.78, 5) is 15.7. The third-order valence-corrected chi connectivity index (χ3v) is 6.26. The van der Waals surface area contributed by atoms with Crippen LogP contribution in [0.15, 0.2) is 91.1 Å². The molecule has 0 fully saturated rings. The second-order valence-electron chi connectivity index (χ2n) is 8.09. The molecule has 1 unspecified atom stereocenters. The summed E-state index contributed by atoms with van der Waals surface area (Å²) in [6, 6.07) is 27.8. The van der Waals surface area contributed by atoms with Gasteiger partial charge in [-0.25, -0.2) is 0 Å². The highest BCUT2D eigenvalue weighted by atomic mass is 16.5. The normalized spacial score (nSPS) is 15.1. The first-order valence-corrected chi connectivity index (χ1v) is 11.0. The second kappa shape index (κ2) is 8.87. The predicted octanol–water partition coefficient (Wildman–Crippen LogP) is 5.42. The van der Waals surface area contributed by atoms with E-state index >= 15 is 0 Å². The maximum Gasteiger partial charge on any atom is 0.254 e. The van der Waals surface area contributed by atoms with Crippen molar-refractivity contribution >= 4 is 5.91 Å². The lowest BCUT2D eigenvalue weighted by molar-refractivity contribution is 0.0664. The molecule has 0 aliphatic carbocycles. The summed E-state index contributed by atoms with van der Waals surface area (Å²) >= 11 is 0. The zero-order valence-electron chi connectivity index (χ0n) is 18.8. The Morgan fingerprint density at radius 1 is 0.788 bits per heavy atom. The summed E-state index contributed by atoms with van der Waals surface area (Å²) in [5, 5.41) is 0. The third-order valence-electron chi connectivity index (χ3n) is 6.26. The van der Waals surface area contributed by atoms with Crippen molar-refractivity contribution in [2.75, 3.05) is 20.8 Å². The Kier molecular flexibility index (Phi) is 5.61. The number of carbonyl (C=O) groups excluding carboxylic acids is 1. The van der Waals surface area contributed by atoms with Crippen LogP contribution in [0.1, 0.15) is 27.7 Å². The van der Waals surface area contributed by atoms with Crippen molar-refractivity contribution in [1.29, 1.82) is 0 Å². The minimum absolute atomic E-state index is 0.0156. The lowest BCUT2D eigenvalue weighted by Gasteiger charge is -2.37. The van der Waals surface area contributed by atoms with Crippen LogP contribution in [-0.2, 0) is 6.54 Å². The molecule has 5 rings (SSSR count). The Labute approximate surface area is 193 Å². The van der Waals surface area contributed by atoms with Crippen LogP contribution in [0.25, 0.3) is 11.1 Å². The van der Waals surface area contributed by atoms with Gasteiger partial charge in [0.2, 0.25) is 0 Å². The van der Waals surface area contributed by atoms with Gasteiger partial charge in [-0.15, -0.1) is 0 Å². The van der Waals surface area contributed by atoms with E-state index in [1.165, 1.54) is 0 Å². The van der Waals surface area contributed by atoms with E-state index in [0.717, 1.165) is 28.9 Å². The van der Waals surface area contributed by atoms with Crippen LogP contribution < -0.4 is 9.47 Å². The molecule has 5 nitrogen and oxygen atoms in total. The smallest absolute Gasteiger partial charge is 0.254 e. The van der Waals surface area contributed by atoms with Gasteiger partial charge in [0.1, 0.15) is 0 Å². The van der Waals surface area contributed by atoms with Gasteiger partial charge in [0.15, 0.2) is 11.5 Å². The van der Waals surface area contributed by atoms with Crippen LogP contribution in [0.2, 0.25) is 0 Å². The summed E-state index contributed by atoms with van der Waals surface area (Å²) in [7, 11) is 3.25. The molecule has 166 valence electrons. The molecule has 0 N–H and O–H groups in total. The number of hydrogen-bond donors (Lipinski definition) is 0. The summed E-state index contributed by atoms with van der Waals surface area (Å²) < 4.78 is 13.2. The van der Waals surface area contributed by atoms with Crippen molar-refractivity contribution in [2.24, 2.45) is 0 Å². The first-order valence-electron chi connectivity index (χ1n) is 11.0. The van der Waals surface area contributed by atoms with E-state index in [1.54, 1.807) is 14.2 Å². The Bertz CT molecular complexity index is 1260. The second-order valence-corrected chi connectivity index (χ2v) is 8.09. The summed E-state index contributed by atoms with van der Waals surface area (Å²) in [5.74, 6) is 1.34. The molecule has 0 radical (unpaired) electrons. The highest BCUT2D eigenvalue weighted by molar-refractivity contribution is 5.95. The standard InChI is InChI=1S/C28H26N2O3/c1-32-25-15-14-23(19-26(25)33-2)27-24-9-6-16-29(24)17-18-30(27)28(31)22-12-10-21(11-13-22)20-7-4-3-5-8-20/h3-16,19,27H,17-18H2,1-2H3. The fourth-order valence-electron chi connectivity index (χ4n) is 4.58. The lowest BCUT2D eigenvalue weighted by atomic mass is 9.97. The number of rotatable bonds is 5. The largest absolute Gasteiger partial charge is 0.493 e. The van der Waals surface area contributed by atoms with Gasteiger partial charge in [-0.3, -0.25) is 4.79 Å². The van der Waals surface area contributed by atoms with Crippen molar-refractivity contribution in [2.45, 2.75) is 12.6 Å². The average molecular weight is 439 g/mol. The van der Waals surface area contributed by atoms with E-state index in [0.29, 0.717) is 23.6 Å². The lowest BCUT2D eigenvalue weighted by Crippen LogP contribution is -2.42. The van der Waals surface area contributed by atoms with Crippen molar-refractivity contribution in [3.8, 4) is 22.6 Å². The molecule has 1 aliphatic heterocycles. The molecule has 1 amide bonds. The molecule has 1 aromatic heterocycles. The fourth-order valence-corrected chi connectivity index (χ4v) is 4.58. The number of carbonyl (C=O) groups is 1. The predicted molar refractivity (Wildman–Crippen MR) is 129 cm³/mol. The molecule has 5 heteroatoms. The van der Waals surface area contributed by atoms with Gasteiger partial charge in [-0.05, 0) is 53.1 Å². The zero-order valence-corrected chi connectivity index (χ0v) is 18.8. The van der Waals surface area contributed by atoms with Gasteiger partial charge in [0.25, 0.3) is 5.91 Å². The minimum atomic E-state index is -0.213. The van der Waals surface area contributed by atoms with Gasteiger partial charge in [0.05, 0.1) is 20.3 Å². The molecule has 0 saturated heterocycles. The SMILES string of the molecule is COc1ccc(C2c3cccn3CCN2C(=O)c2ccc(-c3ccccc3)cc2)cc1OC. The van der Waals surface area contributed by atoms with Gasteiger partial charge < -0.3 is 18.9 Å². The number of methoxy groups -OCH3 is 2.